The Morgan fingerprint density at radius 3 is 2.46 bits per heavy atom. The van der Waals surface area contributed by atoms with Crippen LogP contribution in [0.5, 0.6) is 0 Å². The second-order valence-electron chi connectivity index (χ2n) is 5.54. The van der Waals surface area contributed by atoms with Crippen molar-refractivity contribution in [3.63, 3.8) is 0 Å². The number of carbonyl (C=O) groups excluding carboxylic acids is 3. The van der Waals surface area contributed by atoms with E-state index in [0.29, 0.717) is 17.8 Å². The third kappa shape index (κ3) is 5.59. The van der Waals surface area contributed by atoms with Crippen molar-refractivity contribution in [2.75, 3.05) is 12.4 Å². The molecule has 0 fully saturated rings. The molecule has 0 aliphatic carbocycles. The van der Waals surface area contributed by atoms with E-state index in [1.807, 2.05) is 6.07 Å². The van der Waals surface area contributed by atoms with Crippen LogP contribution in [0.2, 0.25) is 0 Å². The SMILES string of the molecule is C=CC(=O)Nc1cccc(CC(=O)NCc2ccc(C(=O)OC)cc2)c1. The summed E-state index contributed by atoms with van der Waals surface area (Å²) in [6, 6.07) is 13.9. The molecule has 2 aromatic rings. The summed E-state index contributed by atoms with van der Waals surface area (Å²) in [6.45, 7) is 3.75. The maximum Gasteiger partial charge on any atom is 0.337 e. The second kappa shape index (κ2) is 9.17. The van der Waals surface area contributed by atoms with Crippen molar-refractivity contribution in [3.05, 3.63) is 77.9 Å². The highest BCUT2D eigenvalue weighted by molar-refractivity contribution is 5.99. The van der Waals surface area contributed by atoms with Crippen LogP contribution >= 0.6 is 0 Å². The van der Waals surface area contributed by atoms with Crippen LogP contribution in [0.4, 0.5) is 5.69 Å². The molecule has 0 aliphatic rings. The number of esters is 1. The average molecular weight is 352 g/mol. The highest BCUT2D eigenvalue weighted by atomic mass is 16.5. The van der Waals surface area contributed by atoms with E-state index in [1.54, 1.807) is 42.5 Å². The van der Waals surface area contributed by atoms with Gasteiger partial charge in [-0.3, -0.25) is 9.59 Å². The van der Waals surface area contributed by atoms with Gasteiger partial charge in [0.05, 0.1) is 19.1 Å². The Bertz CT molecular complexity index is 813. The molecule has 2 amide bonds. The van der Waals surface area contributed by atoms with E-state index in [9.17, 15) is 14.4 Å². The number of carbonyl (C=O) groups is 3. The zero-order chi connectivity index (χ0) is 18.9. The summed E-state index contributed by atoms with van der Waals surface area (Å²) in [5.41, 5.74) is 2.72. The van der Waals surface area contributed by atoms with Crippen molar-refractivity contribution in [3.8, 4) is 0 Å². The molecule has 26 heavy (non-hydrogen) atoms. The minimum absolute atomic E-state index is 0.144. The Labute approximate surface area is 151 Å². The molecular weight excluding hydrogens is 332 g/mol. The van der Waals surface area contributed by atoms with Crippen molar-refractivity contribution >= 4 is 23.5 Å². The maximum absolute atomic E-state index is 12.1. The van der Waals surface area contributed by atoms with Gasteiger partial charge in [-0.25, -0.2) is 4.79 Å². The second-order valence-corrected chi connectivity index (χ2v) is 5.54. The summed E-state index contributed by atoms with van der Waals surface area (Å²) >= 11 is 0. The molecule has 0 spiro atoms. The van der Waals surface area contributed by atoms with Gasteiger partial charge in [0.25, 0.3) is 0 Å². The van der Waals surface area contributed by atoms with E-state index in [-0.39, 0.29) is 18.2 Å². The van der Waals surface area contributed by atoms with Gasteiger partial charge >= 0.3 is 5.97 Å². The molecule has 0 aliphatic heterocycles. The largest absolute Gasteiger partial charge is 0.465 e. The van der Waals surface area contributed by atoms with Crippen LogP contribution in [-0.4, -0.2) is 24.9 Å². The number of rotatable bonds is 7. The summed E-state index contributed by atoms with van der Waals surface area (Å²) in [5, 5.41) is 5.48. The fourth-order valence-electron chi connectivity index (χ4n) is 2.28. The lowest BCUT2D eigenvalue weighted by atomic mass is 10.1. The van der Waals surface area contributed by atoms with Crippen molar-refractivity contribution < 1.29 is 19.1 Å². The molecule has 0 atom stereocenters. The summed E-state index contributed by atoms with van der Waals surface area (Å²) in [6.07, 6.45) is 1.38. The van der Waals surface area contributed by atoms with Gasteiger partial charge in [0.1, 0.15) is 0 Å². The molecule has 6 heteroatoms. The van der Waals surface area contributed by atoms with Crippen LogP contribution in [-0.2, 0) is 27.3 Å². The van der Waals surface area contributed by atoms with Crippen LogP contribution < -0.4 is 10.6 Å². The number of anilines is 1. The standard InChI is InChI=1S/C20H20N2O4/c1-3-18(23)22-17-6-4-5-15(11-17)12-19(24)21-13-14-7-9-16(10-8-14)20(25)26-2/h3-11H,1,12-13H2,2H3,(H,21,24)(H,22,23). The van der Waals surface area contributed by atoms with E-state index < -0.39 is 5.97 Å². The minimum atomic E-state index is -0.399. The topological polar surface area (TPSA) is 84.5 Å². The molecule has 0 bridgehead atoms. The molecule has 0 saturated heterocycles. The molecule has 0 unspecified atom stereocenters. The summed E-state index contributed by atoms with van der Waals surface area (Å²) in [7, 11) is 1.33. The van der Waals surface area contributed by atoms with Gasteiger partial charge in [-0.1, -0.05) is 30.8 Å². The summed E-state index contributed by atoms with van der Waals surface area (Å²) in [4.78, 5) is 34.8. The first-order valence-electron chi connectivity index (χ1n) is 7.98. The van der Waals surface area contributed by atoms with Gasteiger partial charge in [0, 0.05) is 12.2 Å². The van der Waals surface area contributed by atoms with Crippen LogP contribution in [0.1, 0.15) is 21.5 Å². The molecule has 6 nitrogen and oxygen atoms in total. The number of benzene rings is 2. The first kappa shape index (κ1) is 18.9. The van der Waals surface area contributed by atoms with Gasteiger partial charge in [-0.05, 0) is 41.5 Å². The zero-order valence-corrected chi connectivity index (χ0v) is 14.5. The number of amides is 2. The van der Waals surface area contributed by atoms with Crippen molar-refractivity contribution in [1.29, 1.82) is 0 Å². The van der Waals surface area contributed by atoms with E-state index >= 15 is 0 Å². The van der Waals surface area contributed by atoms with Gasteiger partial charge in [-0.2, -0.15) is 0 Å². The molecule has 0 heterocycles. The number of nitrogens with one attached hydrogen (secondary N) is 2. The lowest BCUT2D eigenvalue weighted by Gasteiger charge is -2.08. The van der Waals surface area contributed by atoms with Crippen LogP contribution in [0.25, 0.3) is 0 Å². The van der Waals surface area contributed by atoms with E-state index in [1.165, 1.54) is 13.2 Å². The number of hydrogen-bond acceptors (Lipinski definition) is 4. The Morgan fingerprint density at radius 1 is 1.08 bits per heavy atom. The Morgan fingerprint density at radius 2 is 1.81 bits per heavy atom. The predicted octanol–water partition coefficient (Wildman–Crippen LogP) is 2.46. The number of methoxy groups -OCH3 is 1. The normalized spacial score (nSPS) is 9.88. The molecule has 134 valence electrons. The number of ether oxygens (including phenoxy) is 1. The fraction of sp³-hybridized carbons (Fsp3) is 0.150. The quantitative estimate of drug-likeness (QED) is 0.592. The Kier molecular flexibility index (Phi) is 6.68. The molecule has 2 aromatic carbocycles. The molecule has 0 radical (unpaired) electrons. The van der Waals surface area contributed by atoms with Gasteiger partial charge in [-0.15, -0.1) is 0 Å². The molecule has 0 saturated carbocycles. The van der Waals surface area contributed by atoms with E-state index in [4.69, 9.17) is 0 Å². The highest BCUT2D eigenvalue weighted by Crippen LogP contribution is 2.11. The summed E-state index contributed by atoms with van der Waals surface area (Å²) in [5.74, 6) is -0.847. The average Bonchev–Trinajstić information content (AvgIpc) is 2.66. The zero-order valence-electron chi connectivity index (χ0n) is 14.5. The monoisotopic (exact) mass is 352 g/mol. The van der Waals surface area contributed by atoms with E-state index in [0.717, 1.165) is 11.1 Å². The van der Waals surface area contributed by atoms with Gasteiger partial charge in [0.2, 0.25) is 11.8 Å². The van der Waals surface area contributed by atoms with Crippen LogP contribution in [0, 0.1) is 0 Å². The highest BCUT2D eigenvalue weighted by Gasteiger charge is 2.07. The van der Waals surface area contributed by atoms with E-state index in [2.05, 4.69) is 21.9 Å². The summed E-state index contributed by atoms with van der Waals surface area (Å²) < 4.78 is 4.64. The first-order chi connectivity index (χ1) is 12.5. The first-order valence-corrected chi connectivity index (χ1v) is 7.98. The fourth-order valence-corrected chi connectivity index (χ4v) is 2.28. The Hall–Kier alpha value is -3.41. The lowest BCUT2D eigenvalue weighted by Crippen LogP contribution is -2.24. The molecule has 0 aromatic heterocycles. The minimum Gasteiger partial charge on any atom is -0.465 e. The Balaban J connectivity index is 1.88. The number of hydrogen-bond donors (Lipinski definition) is 2. The smallest absolute Gasteiger partial charge is 0.337 e. The van der Waals surface area contributed by atoms with Crippen molar-refractivity contribution in [1.82, 2.24) is 5.32 Å². The van der Waals surface area contributed by atoms with Crippen LogP contribution in [0.15, 0.2) is 61.2 Å². The molecule has 2 N–H and O–H groups in total. The van der Waals surface area contributed by atoms with Gasteiger partial charge < -0.3 is 15.4 Å². The maximum atomic E-state index is 12.1. The lowest BCUT2D eigenvalue weighted by molar-refractivity contribution is -0.120. The van der Waals surface area contributed by atoms with Crippen LogP contribution in [0.3, 0.4) is 0 Å². The third-order valence-electron chi connectivity index (χ3n) is 3.61. The van der Waals surface area contributed by atoms with Crippen molar-refractivity contribution in [2.45, 2.75) is 13.0 Å². The van der Waals surface area contributed by atoms with Gasteiger partial charge in [0.15, 0.2) is 0 Å². The van der Waals surface area contributed by atoms with Crippen molar-refractivity contribution in [2.24, 2.45) is 0 Å². The molecular formula is C20H20N2O4. The third-order valence-corrected chi connectivity index (χ3v) is 3.61. The predicted molar refractivity (Wildman–Crippen MR) is 98.6 cm³/mol. The molecule has 2 rings (SSSR count).